The highest BCUT2D eigenvalue weighted by molar-refractivity contribution is 5.29. The van der Waals surface area contributed by atoms with E-state index in [1.165, 1.54) is 44.9 Å². The lowest BCUT2D eigenvalue weighted by Crippen LogP contribution is -2.34. The van der Waals surface area contributed by atoms with Crippen LogP contribution in [-0.2, 0) is 0 Å². The predicted molar refractivity (Wildman–Crippen MR) is 79.0 cm³/mol. The van der Waals surface area contributed by atoms with Crippen molar-refractivity contribution < 1.29 is 4.52 Å². The third kappa shape index (κ3) is 2.97. The number of nitrogens with zero attached hydrogens (tertiary/aromatic N) is 3. The predicted octanol–water partition coefficient (Wildman–Crippen LogP) is 2.70. The van der Waals surface area contributed by atoms with Crippen LogP contribution in [0.15, 0.2) is 4.52 Å². The summed E-state index contributed by atoms with van der Waals surface area (Å²) in [5.41, 5.74) is 0. The molecule has 2 fully saturated rings. The summed E-state index contributed by atoms with van der Waals surface area (Å²) in [5.74, 6) is 2.04. The van der Waals surface area contributed by atoms with Gasteiger partial charge < -0.3 is 14.7 Å². The molecule has 5 heteroatoms. The Labute approximate surface area is 121 Å². The number of hydrogen-bond acceptors (Lipinski definition) is 5. The van der Waals surface area contributed by atoms with E-state index in [2.05, 4.69) is 22.3 Å². The number of rotatable bonds is 4. The van der Waals surface area contributed by atoms with E-state index in [1.54, 1.807) is 0 Å². The summed E-state index contributed by atoms with van der Waals surface area (Å²) >= 11 is 0. The highest BCUT2D eigenvalue weighted by Gasteiger charge is 2.30. The van der Waals surface area contributed by atoms with E-state index in [4.69, 9.17) is 9.51 Å². The fourth-order valence-corrected chi connectivity index (χ4v) is 3.53. The molecule has 3 rings (SSSR count). The largest absolute Gasteiger partial charge is 0.338 e. The van der Waals surface area contributed by atoms with E-state index < -0.39 is 0 Å². The van der Waals surface area contributed by atoms with Gasteiger partial charge in [0, 0.05) is 19.1 Å². The fourth-order valence-electron chi connectivity index (χ4n) is 3.53. The fraction of sp³-hybridized carbons (Fsp3) is 0.867. The molecule has 0 bridgehead atoms. The molecule has 5 nitrogen and oxygen atoms in total. The van der Waals surface area contributed by atoms with Crippen molar-refractivity contribution in [3.8, 4) is 0 Å². The van der Waals surface area contributed by atoms with Crippen LogP contribution in [0.5, 0.6) is 0 Å². The maximum Gasteiger partial charge on any atom is 0.266 e. The molecule has 112 valence electrons. The van der Waals surface area contributed by atoms with Gasteiger partial charge in [0.05, 0.1) is 5.92 Å². The molecule has 0 spiro atoms. The van der Waals surface area contributed by atoms with Crippen LogP contribution in [0.3, 0.4) is 0 Å². The maximum atomic E-state index is 5.61. The zero-order chi connectivity index (χ0) is 13.8. The summed E-state index contributed by atoms with van der Waals surface area (Å²) in [7, 11) is 0. The van der Waals surface area contributed by atoms with E-state index >= 15 is 0 Å². The zero-order valence-corrected chi connectivity index (χ0v) is 12.5. The van der Waals surface area contributed by atoms with Gasteiger partial charge in [0.25, 0.3) is 5.95 Å². The van der Waals surface area contributed by atoms with Crippen molar-refractivity contribution in [3.05, 3.63) is 5.89 Å². The summed E-state index contributed by atoms with van der Waals surface area (Å²) in [5, 5.41) is 7.82. The van der Waals surface area contributed by atoms with Gasteiger partial charge in [-0.15, -0.1) is 0 Å². The minimum absolute atomic E-state index is 0.390. The second kappa shape index (κ2) is 6.57. The van der Waals surface area contributed by atoms with Crippen molar-refractivity contribution in [2.24, 2.45) is 0 Å². The Morgan fingerprint density at radius 2 is 1.95 bits per heavy atom. The quantitative estimate of drug-likeness (QED) is 0.858. The molecule has 2 unspecified atom stereocenters. The Balaban J connectivity index is 1.74. The van der Waals surface area contributed by atoms with Gasteiger partial charge in [0.2, 0.25) is 5.89 Å². The van der Waals surface area contributed by atoms with Gasteiger partial charge in [-0.1, -0.05) is 26.2 Å². The normalized spacial score (nSPS) is 27.8. The van der Waals surface area contributed by atoms with Crippen LogP contribution in [0, 0.1) is 0 Å². The van der Waals surface area contributed by atoms with Crippen molar-refractivity contribution in [1.29, 1.82) is 0 Å². The maximum absolute atomic E-state index is 5.61. The number of anilines is 1. The first-order valence-corrected chi connectivity index (χ1v) is 8.20. The zero-order valence-electron chi connectivity index (χ0n) is 12.5. The van der Waals surface area contributed by atoms with Crippen LogP contribution < -0.4 is 10.2 Å². The summed E-state index contributed by atoms with van der Waals surface area (Å²) in [6, 6.07) is 0.495. The van der Waals surface area contributed by atoms with Gasteiger partial charge in [-0.25, -0.2) is 0 Å². The van der Waals surface area contributed by atoms with Gasteiger partial charge in [-0.05, 0) is 37.4 Å². The lowest BCUT2D eigenvalue weighted by atomic mass is 9.94. The van der Waals surface area contributed by atoms with Crippen LogP contribution in [0.25, 0.3) is 0 Å². The molecular weight excluding hydrogens is 252 g/mol. The van der Waals surface area contributed by atoms with Gasteiger partial charge in [-0.3, -0.25) is 0 Å². The molecule has 0 amide bonds. The molecule has 0 aromatic carbocycles. The number of hydrogen-bond donors (Lipinski definition) is 1. The van der Waals surface area contributed by atoms with Crippen molar-refractivity contribution in [2.75, 3.05) is 24.5 Å². The van der Waals surface area contributed by atoms with Gasteiger partial charge >= 0.3 is 0 Å². The Kier molecular flexibility index (Phi) is 4.55. The molecule has 1 aliphatic carbocycles. The Hall–Kier alpha value is -1.10. The van der Waals surface area contributed by atoms with E-state index in [9.17, 15) is 0 Å². The highest BCUT2D eigenvalue weighted by Crippen LogP contribution is 2.32. The highest BCUT2D eigenvalue weighted by atomic mass is 16.5. The van der Waals surface area contributed by atoms with E-state index in [0.29, 0.717) is 12.0 Å². The lowest BCUT2D eigenvalue weighted by molar-refractivity contribution is 0.305. The van der Waals surface area contributed by atoms with Gasteiger partial charge in [-0.2, -0.15) is 4.98 Å². The topological polar surface area (TPSA) is 54.2 Å². The third-order valence-corrected chi connectivity index (χ3v) is 4.62. The molecular formula is C15H26N4O. The summed E-state index contributed by atoms with van der Waals surface area (Å²) in [6.45, 7) is 5.32. The number of aromatic nitrogens is 2. The number of nitrogens with one attached hydrogen (secondary N) is 1. The Morgan fingerprint density at radius 1 is 1.15 bits per heavy atom. The molecule has 1 aliphatic heterocycles. The molecule has 1 aromatic heterocycles. The Morgan fingerprint density at radius 3 is 2.75 bits per heavy atom. The van der Waals surface area contributed by atoms with Crippen LogP contribution >= 0.6 is 0 Å². The first-order valence-electron chi connectivity index (χ1n) is 8.20. The van der Waals surface area contributed by atoms with Gasteiger partial charge in [0.15, 0.2) is 0 Å². The minimum Gasteiger partial charge on any atom is -0.338 e. The summed E-state index contributed by atoms with van der Waals surface area (Å²) in [6.07, 6.45) is 8.78. The first kappa shape index (κ1) is 13.9. The van der Waals surface area contributed by atoms with Crippen molar-refractivity contribution in [1.82, 2.24) is 15.5 Å². The number of likely N-dealkylation sites (N-methyl/N-ethyl adjacent to an activating group) is 1. The average molecular weight is 278 g/mol. The molecule has 1 N–H and O–H groups in total. The minimum atomic E-state index is 0.390. The summed E-state index contributed by atoms with van der Waals surface area (Å²) < 4.78 is 5.61. The second-order valence-electron chi connectivity index (χ2n) is 6.04. The van der Waals surface area contributed by atoms with Crippen molar-refractivity contribution >= 4 is 5.95 Å². The summed E-state index contributed by atoms with van der Waals surface area (Å²) in [4.78, 5) is 6.94. The third-order valence-electron chi connectivity index (χ3n) is 4.62. The van der Waals surface area contributed by atoms with Crippen LogP contribution in [0.1, 0.15) is 63.7 Å². The van der Waals surface area contributed by atoms with E-state index in [-0.39, 0.29) is 0 Å². The van der Waals surface area contributed by atoms with Crippen molar-refractivity contribution in [2.45, 2.75) is 63.8 Å². The van der Waals surface area contributed by atoms with E-state index in [1.807, 2.05) is 0 Å². The monoisotopic (exact) mass is 278 g/mol. The molecule has 1 aromatic rings. The molecule has 2 atom stereocenters. The average Bonchev–Trinajstić information content (AvgIpc) is 3.09. The van der Waals surface area contributed by atoms with Gasteiger partial charge in [0.1, 0.15) is 0 Å². The smallest absolute Gasteiger partial charge is 0.266 e. The van der Waals surface area contributed by atoms with E-state index in [0.717, 1.165) is 31.5 Å². The second-order valence-corrected chi connectivity index (χ2v) is 6.04. The SMILES string of the molecule is CCNC1CCCCCC1c1nc(N2CCCC2)no1. The lowest BCUT2D eigenvalue weighted by Gasteiger charge is -2.22. The van der Waals surface area contributed by atoms with Crippen LogP contribution in [0.4, 0.5) is 5.95 Å². The molecule has 1 saturated carbocycles. The van der Waals surface area contributed by atoms with Crippen LogP contribution in [-0.4, -0.2) is 35.8 Å². The molecule has 2 heterocycles. The standard InChI is InChI=1S/C15H26N4O/c1-2-16-13-9-5-3-4-8-12(13)14-17-15(18-20-14)19-10-6-7-11-19/h12-13,16H,2-11H2,1H3. The molecule has 1 saturated heterocycles. The van der Waals surface area contributed by atoms with Crippen molar-refractivity contribution in [3.63, 3.8) is 0 Å². The molecule has 20 heavy (non-hydrogen) atoms. The molecule has 0 radical (unpaired) electrons. The Bertz CT molecular complexity index is 414. The first-order chi connectivity index (χ1) is 9.88. The molecule has 2 aliphatic rings. The van der Waals surface area contributed by atoms with Crippen LogP contribution in [0.2, 0.25) is 0 Å².